The Labute approximate surface area is 186 Å². The molecule has 0 aromatic rings. The van der Waals surface area contributed by atoms with Crippen LogP contribution in [0, 0.1) is 5.92 Å². The second kappa shape index (κ2) is 25.8. The fourth-order valence-electron chi connectivity index (χ4n) is 4.50. The third-order valence-electron chi connectivity index (χ3n) is 6.66. The smallest absolute Gasteiger partial charge is 0.0353 e. The Morgan fingerprint density at radius 3 is 1.14 bits per heavy atom. The minimum Gasteiger partial charge on any atom is -0.103 e. The van der Waals surface area contributed by atoms with Gasteiger partial charge in [-0.1, -0.05) is 161 Å². The minimum absolute atomic E-state index is 0.954. The summed E-state index contributed by atoms with van der Waals surface area (Å²) in [5.41, 5.74) is 0. The van der Waals surface area contributed by atoms with Crippen LogP contribution in [0.3, 0.4) is 0 Å². The van der Waals surface area contributed by atoms with Gasteiger partial charge in [0.25, 0.3) is 0 Å². The van der Waals surface area contributed by atoms with Crippen molar-refractivity contribution in [3.63, 3.8) is 0 Å². The van der Waals surface area contributed by atoms with Gasteiger partial charge in [-0.25, -0.2) is 0 Å². The van der Waals surface area contributed by atoms with Gasteiger partial charge in [-0.05, 0) is 18.8 Å². The van der Waals surface area contributed by atoms with E-state index in [1.807, 2.05) is 0 Å². The van der Waals surface area contributed by atoms with Crippen molar-refractivity contribution in [3.05, 3.63) is 12.7 Å². The van der Waals surface area contributed by atoms with Gasteiger partial charge in [-0.15, -0.1) is 6.58 Å². The number of rotatable bonds is 25. The largest absolute Gasteiger partial charge is 0.103 e. The highest BCUT2D eigenvalue weighted by Crippen LogP contribution is 2.19. The Morgan fingerprint density at radius 2 is 0.793 bits per heavy atom. The molecule has 0 fully saturated rings. The minimum atomic E-state index is 0.954. The molecule has 1 atom stereocenters. The van der Waals surface area contributed by atoms with Crippen LogP contribution < -0.4 is 0 Å². The lowest BCUT2D eigenvalue weighted by atomic mass is 9.96. The molecule has 0 saturated heterocycles. The lowest BCUT2D eigenvalue weighted by Crippen LogP contribution is -1.95. The maximum Gasteiger partial charge on any atom is -0.0353 e. The van der Waals surface area contributed by atoms with E-state index in [9.17, 15) is 0 Å². The molecule has 0 saturated carbocycles. The van der Waals surface area contributed by atoms with Gasteiger partial charge >= 0.3 is 0 Å². The van der Waals surface area contributed by atoms with E-state index < -0.39 is 0 Å². The molecular weight excluding hydrogens is 348 g/mol. The van der Waals surface area contributed by atoms with Crippen molar-refractivity contribution >= 4 is 0 Å². The van der Waals surface area contributed by atoms with Crippen LogP contribution in [-0.4, -0.2) is 0 Å². The zero-order valence-corrected chi connectivity index (χ0v) is 20.8. The third-order valence-corrected chi connectivity index (χ3v) is 6.66. The highest BCUT2D eigenvalue weighted by Gasteiger charge is 2.02. The van der Waals surface area contributed by atoms with Gasteiger partial charge in [0.05, 0.1) is 0 Å². The zero-order chi connectivity index (χ0) is 21.3. The van der Waals surface area contributed by atoms with Crippen LogP contribution in [0.25, 0.3) is 0 Å². The average molecular weight is 407 g/mol. The van der Waals surface area contributed by atoms with E-state index in [2.05, 4.69) is 26.5 Å². The topological polar surface area (TPSA) is 0 Å². The summed E-state index contributed by atoms with van der Waals surface area (Å²) in [6.07, 6.45) is 36.8. The maximum atomic E-state index is 3.80. The predicted octanol–water partition coefficient (Wildman–Crippen LogP) is 11.2. The highest BCUT2D eigenvalue weighted by molar-refractivity contribution is 4.65. The van der Waals surface area contributed by atoms with Crippen LogP contribution >= 0.6 is 0 Å². The molecule has 0 aliphatic rings. The van der Waals surface area contributed by atoms with Gasteiger partial charge in [0, 0.05) is 0 Å². The first-order valence-corrected chi connectivity index (χ1v) is 13.9. The molecule has 174 valence electrons. The summed E-state index contributed by atoms with van der Waals surface area (Å²) in [4.78, 5) is 0. The van der Waals surface area contributed by atoms with Crippen molar-refractivity contribution < 1.29 is 0 Å². The van der Waals surface area contributed by atoms with Crippen molar-refractivity contribution in [2.75, 3.05) is 0 Å². The summed E-state index contributed by atoms with van der Waals surface area (Å²) in [6.45, 7) is 8.58. The van der Waals surface area contributed by atoms with Gasteiger partial charge in [0.1, 0.15) is 0 Å². The summed E-state index contributed by atoms with van der Waals surface area (Å²) in [6, 6.07) is 0. The maximum absolute atomic E-state index is 3.80. The zero-order valence-electron chi connectivity index (χ0n) is 20.8. The fraction of sp³-hybridized carbons (Fsp3) is 0.931. The molecule has 0 amide bonds. The van der Waals surface area contributed by atoms with E-state index in [0.717, 1.165) is 5.92 Å². The SMILES string of the molecule is C=CCCCCCCCC(C)CCCCCCCCCCCCCCCCCC. The molecule has 0 bridgehead atoms. The number of hydrogen-bond donors (Lipinski definition) is 0. The van der Waals surface area contributed by atoms with E-state index in [1.54, 1.807) is 0 Å². The van der Waals surface area contributed by atoms with E-state index in [-0.39, 0.29) is 0 Å². The Kier molecular flexibility index (Phi) is 25.5. The van der Waals surface area contributed by atoms with Crippen LogP contribution in [0.5, 0.6) is 0 Å². The van der Waals surface area contributed by atoms with Crippen LogP contribution in [0.15, 0.2) is 12.7 Å². The van der Waals surface area contributed by atoms with Crippen molar-refractivity contribution in [2.45, 2.75) is 168 Å². The van der Waals surface area contributed by atoms with Crippen molar-refractivity contribution in [2.24, 2.45) is 5.92 Å². The summed E-state index contributed by atoms with van der Waals surface area (Å²) in [5, 5.41) is 0. The Morgan fingerprint density at radius 1 is 0.483 bits per heavy atom. The van der Waals surface area contributed by atoms with E-state index in [1.165, 1.54) is 154 Å². The number of unbranched alkanes of at least 4 members (excludes halogenated alkanes) is 20. The average Bonchev–Trinajstić information content (AvgIpc) is 2.72. The Balaban J connectivity index is 3.11. The molecule has 0 radical (unpaired) electrons. The second-order valence-corrected chi connectivity index (χ2v) is 9.83. The molecule has 29 heavy (non-hydrogen) atoms. The molecule has 0 aliphatic carbocycles. The summed E-state index contributed by atoms with van der Waals surface area (Å²) in [5.74, 6) is 0.954. The first-order chi connectivity index (χ1) is 14.3. The van der Waals surface area contributed by atoms with Crippen LogP contribution in [0.4, 0.5) is 0 Å². The summed E-state index contributed by atoms with van der Waals surface area (Å²) < 4.78 is 0. The molecule has 0 aromatic carbocycles. The van der Waals surface area contributed by atoms with Gasteiger partial charge in [0.15, 0.2) is 0 Å². The standard InChI is InChI=1S/C29H58/c1-4-6-8-10-12-13-14-15-16-17-18-19-20-22-24-26-28-29(3)27-25-23-21-11-9-7-5-2/h5,29H,2,4,6-28H2,1,3H3. The molecule has 1 unspecified atom stereocenters. The molecular formula is C29H58. The first kappa shape index (κ1) is 28.7. The highest BCUT2D eigenvalue weighted by atomic mass is 14.1. The van der Waals surface area contributed by atoms with Crippen LogP contribution in [0.2, 0.25) is 0 Å². The van der Waals surface area contributed by atoms with Crippen molar-refractivity contribution in [1.82, 2.24) is 0 Å². The lowest BCUT2D eigenvalue weighted by Gasteiger charge is -2.11. The summed E-state index contributed by atoms with van der Waals surface area (Å²) >= 11 is 0. The molecule has 0 aromatic heterocycles. The lowest BCUT2D eigenvalue weighted by molar-refractivity contribution is 0.431. The third kappa shape index (κ3) is 25.7. The van der Waals surface area contributed by atoms with Crippen LogP contribution in [-0.2, 0) is 0 Å². The Hall–Kier alpha value is -0.260. The van der Waals surface area contributed by atoms with Crippen molar-refractivity contribution in [1.29, 1.82) is 0 Å². The molecule has 0 aliphatic heterocycles. The van der Waals surface area contributed by atoms with Gasteiger partial charge in [-0.2, -0.15) is 0 Å². The van der Waals surface area contributed by atoms with Crippen molar-refractivity contribution in [3.8, 4) is 0 Å². The predicted molar refractivity (Wildman–Crippen MR) is 136 cm³/mol. The normalized spacial score (nSPS) is 12.3. The molecule has 0 spiro atoms. The fourth-order valence-corrected chi connectivity index (χ4v) is 4.50. The Bertz CT molecular complexity index is 292. The monoisotopic (exact) mass is 406 g/mol. The van der Waals surface area contributed by atoms with E-state index >= 15 is 0 Å². The van der Waals surface area contributed by atoms with Gasteiger partial charge in [-0.3, -0.25) is 0 Å². The van der Waals surface area contributed by atoms with Gasteiger partial charge in [0.2, 0.25) is 0 Å². The van der Waals surface area contributed by atoms with E-state index in [4.69, 9.17) is 0 Å². The second-order valence-electron chi connectivity index (χ2n) is 9.83. The van der Waals surface area contributed by atoms with Gasteiger partial charge < -0.3 is 0 Å². The first-order valence-electron chi connectivity index (χ1n) is 13.9. The quantitative estimate of drug-likeness (QED) is 0.104. The molecule has 0 nitrogen and oxygen atoms in total. The number of hydrogen-bond acceptors (Lipinski definition) is 0. The van der Waals surface area contributed by atoms with E-state index in [0.29, 0.717) is 0 Å². The van der Waals surface area contributed by atoms with Crippen LogP contribution in [0.1, 0.15) is 168 Å². The molecule has 0 heterocycles. The summed E-state index contributed by atoms with van der Waals surface area (Å²) in [7, 11) is 0. The molecule has 0 rings (SSSR count). The molecule has 0 heteroatoms. The number of allylic oxidation sites excluding steroid dienone is 1. The molecule has 0 N–H and O–H groups in total.